The van der Waals surface area contributed by atoms with Gasteiger partial charge in [-0.05, 0) is 25.1 Å². The topological polar surface area (TPSA) is 54.4 Å². The molecule has 0 saturated carbocycles. The van der Waals surface area contributed by atoms with Crippen molar-refractivity contribution in [2.75, 3.05) is 0 Å². The van der Waals surface area contributed by atoms with Crippen LogP contribution in [0.25, 0.3) is 0 Å². The summed E-state index contributed by atoms with van der Waals surface area (Å²) in [5.74, 6) is -2.12. The molecule has 0 amide bonds. The lowest BCUT2D eigenvalue weighted by Crippen LogP contribution is -2.10. The van der Waals surface area contributed by atoms with Gasteiger partial charge in [0.15, 0.2) is 5.78 Å². The monoisotopic (exact) mass is 232 g/mol. The molecule has 0 saturated heterocycles. The van der Waals surface area contributed by atoms with Crippen LogP contribution in [0.5, 0.6) is 0 Å². The molecule has 0 aliphatic rings. The highest BCUT2D eigenvalue weighted by Gasteiger charge is 2.32. The van der Waals surface area contributed by atoms with Crippen molar-refractivity contribution in [1.29, 1.82) is 0 Å². The highest BCUT2D eigenvalue weighted by atomic mass is 19.4. The van der Waals surface area contributed by atoms with Crippen LogP contribution in [-0.4, -0.2) is 16.9 Å². The number of alkyl halides is 3. The number of Topliss-reactive ketones (excluding diaryl/α,β-unsaturated/α-hetero) is 1. The molecule has 0 heterocycles. The molecule has 16 heavy (non-hydrogen) atoms. The Balaban J connectivity index is 3.42. The van der Waals surface area contributed by atoms with Crippen molar-refractivity contribution in [2.45, 2.75) is 13.1 Å². The van der Waals surface area contributed by atoms with E-state index in [1.807, 2.05) is 0 Å². The number of halogens is 3. The molecule has 0 aliphatic heterocycles. The van der Waals surface area contributed by atoms with Crippen LogP contribution >= 0.6 is 0 Å². The van der Waals surface area contributed by atoms with Crippen molar-refractivity contribution in [3.05, 3.63) is 34.9 Å². The fourth-order valence-electron chi connectivity index (χ4n) is 1.12. The minimum atomic E-state index is -4.67. The van der Waals surface area contributed by atoms with Gasteiger partial charge in [-0.1, -0.05) is 0 Å². The van der Waals surface area contributed by atoms with Crippen molar-refractivity contribution in [3.8, 4) is 0 Å². The van der Waals surface area contributed by atoms with E-state index in [9.17, 15) is 22.8 Å². The molecule has 1 rings (SSSR count). The van der Waals surface area contributed by atoms with Crippen LogP contribution in [0.1, 0.15) is 33.2 Å². The molecule has 86 valence electrons. The van der Waals surface area contributed by atoms with Crippen molar-refractivity contribution >= 4 is 11.8 Å². The Kier molecular flexibility index (Phi) is 3.02. The molecule has 0 bridgehead atoms. The number of hydrogen-bond acceptors (Lipinski definition) is 2. The Labute approximate surface area is 88.5 Å². The molecule has 1 N–H and O–H groups in total. The van der Waals surface area contributed by atoms with E-state index in [0.717, 1.165) is 13.0 Å². The maximum atomic E-state index is 12.4. The summed E-state index contributed by atoms with van der Waals surface area (Å²) in [5.41, 5.74) is -1.97. The number of ketones is 1. The summed E-state index contributed by atoms with van der Waals surface area (Å²) in [5, 5.41) is 8.60. The summed E-state index contributed by atoms with van der Waals surface area (Å²) in [6.07, 6.45) is -4.67. The lowest BCUT2D eigenvalue weighted by Gasteiger charge is -2.09. The van der Waals surface area contributed by atoms with Gasteiger partial charge in [-0.2, -0.15) is 13.2 Å². The van der Waals surface area contributed by atoms with Crippen LogP contribution in [0.15, 0.2) is 18.2 Å². The number of carbonyl (C=O) groups is 2. The minimum absolute atomic E-state index is 0.271. The molecule has 0 unspecified atom stereocenters. The Morgan fingerprint density at radius 2 is 1.62 bits per heavy atom. The van der Waals surface area contributed by atoms with Crippen molar-refractivity contribution in [2.24, 2.45) is 0 Å². The molecule has 3 nitrogen and oxygen atoms in total. The van der Waals surface area contributed by atoms with E-state index in [4.69, 9.17) is 5.11 Å². The van der Waals surface area contributed by atoms with Gasteiger partial charge in [0.25, 0.3) is 0 Å². The first kappa shape index (κ1) is 12.2. The fraction of sp³-hybridized carbons (Fsp3) is 0.200. The Hall–Kier alpha value is -1.85. The number of rotatable bonds is 2. The van der Waals surface area contributed by atoms with Gasteiger partial charge < -0.3 is 5.11 Å². The van der Waals surface area contributed by atoms with Crippen LogP contribution in [0.4, 0.5) is 13.2 Å². The number of aromatic carboxylic acids is 1. The van der Waals surface area contributed by atoms with Gasteiger partial charge in [-0.3, -0.25) is 4.79 Å². The Morgan fingerprint density at radius 1 is 1.12 bits per heavy atom. The smallest absolute Gasteiger partial charge is 0.416 e. The summed E-state index contributed by atoms with van der Waals surface area (Å²) >= 11 is 0. The van der Waals surface area contributed by atoms with Gasteiger partial charge >= 0.3 is 12.1 Å². The SMILES string of the molecule is CC(=O)c1cc(C(=O)O)cc(C(F)(F)F)c1. The van der Waals surface area contributed by atoms with Crippen LogP contribution in [-0.2, 0) is 6.18 Å². The molecule has 1 aromatic rings. The first-order valence-corrected chi connectivity index (χ1v) is 4.18. The third kappa shape index (κ3) is 2.59. The first-order valence-electron chi connectivity index (χ1n) is 4.18. The van der Waals surface area contributed by atoms with E-state index in [1.165, 1.54) is 0 Å². The number of carboxylic acids is 1. The molecule has 0 aliphatic carbocycles. The standard InChI is InChI=1S/C10H7F3O3/c1-5(14)6-2-7(9(15)16)4-8(3-6)10(11,12)13/h2-4H,1H3,(H,15,16). The van der Waals surface area contributed by atoms with E-state index >= 15 is 0 Å². The van der Waals surface area contributed by atoms with Gasteiger partial charge in [0.05, 0.1) is 11.1 Å². The van der Waals surface area contributed by atoms with Gasteiger partial charge in [0.1, 0.15) is 0 Å². The average molecular weight is 232 g/mol. The third-order valence-electron chi connectivity index (χ3n) is 1.91. The molecule has 0 radical (unpaired) electrons. The predicted octanol–water partition coefficient (Wildman–Crippen LogP) is 2.61. The molecule has 0 fully saturated rings. The Morgan fingerprint density at radius 3 is 2.00 bits per heavy atom. The second-order valence-electron chi connectivity index (χ2n) is 3.16. The van der Waals surface area contributed by atoms with E-state index in [2.05, 4.69) is 0 Å². The van der Waals surface area contributed by atoms with Gasteiger partial charge in [0, 0.05) is 5.56 Å². The van der Waals surface area contributed by atoms with Crippen molar-refractivity contribution in [3.63, 3.8) is 0 Å². The molecule has 0 spiro atoms. The Bertz CT molecular complexity index is 417. The number of hydrogen-bond donors (Lipinski definition) is 1. The number of carboxylic acid groups (broad SMARTS) is 1. The summed E-state index contributed by atoms with van der Waals surface area (Å²) < 4.78 is 37.1. The maximum Gasteiger partial charge on any atom is 0.416 e. The van der Waals surface area contributed by atoms with Crippen molar-refractivity contribution < 1.29 is 27.9 Å². The van der Waals surface area contributed by atoms with Crippen LogP contribution in [0.2, 0.25) is 0 Å². The lowest BCUT2D eigenvalue weighted by molar-refractivity contribution is -0.137. The van der Waals surface area contributed by atoms with E-state index < -0.39 is 29.1 Å². The second kappa shape index (κ2) is 3.96. The highest BCUT2D eigenvalue weighted by Crippen LogP contribution is 2.30. The predicted molar refractivity (Wildman–Crippen MR) is 48.4 cm³/mol. The van der Waals surface area contributed by atoms with Gasteiger partial charge in [0.2, 0.25) is 0 Å². The van der Waals surface area contributed by atoms with Crippen LogP contribution in [0.3, 0.4) is 0 Å². The number of carbonyl (C=O) groups excluding carboxylic acids is 1. The van der Waals surface area contributed by atoms with E-state index in [1.54, 1.807) is 0 Å². The van der Waals surface area contributed by atoms with Crippen LogP contribution in [0, 0.1) is 0 Å². The molecule has 1 aromatic carbocycles. The zero-order chi connectivity index (χ0) is 12.5. The third-order valence-corrected chi connectivity index (χ3v) is 1.91. The van der Waals surface area contributed by atoms with E-state index in [-0.39, 0.29) is 5.56 Å². The highest BCUT2D eigenvalue weighted by molar-refractivity contribution is 5.97. The summed E-state index contributed by atoms with van der Waals surface area (Å²) in [6, 6.07) is 2.05. The molecular weight excluding hydrogens is 225 g/mol. The average Bonchev–Trinajstić information content (AvgIpc) is 2.15. The zero-order valence-electron chi connectivity index (χ0n) is 8.13. The van der Waals surface area contributed by atoms with Gasteiger partial charge in [-0.25, -0.2) is 4.79 Å². The van der Waals surface area contributed by atoms with Crippen LogP contribution < -0.4 is 0 Å². The lowest BCUT2D eigenvalue weighted by atomic mass is 10.0. The second-order valence-corrected chi connectivity index (χ2v) is 3.16. The maximum absolute atomic E-state index is 12.4. The quantitative estimate of drug-likeness (QED) is 0.797. The normalized spacial score (nSPS) is 11.2. The summed E-state index contributed by atoms with van der Waals surface area (Å²) in [7, 11) is 0. The summed E-state index contributed by atoms with van der Waals surface area (Å²) in [6.45, 7) is 1.07. The number of benzene rings is 1. The van der Waals surface area contributed by atoms with Gasteiger partial charge in [-0.15, -0.1) is 0 Å². The van der Waals surface area contributed by atoms with Crippen molar-refractivity contribution in [1.82, 2.24) is 0 Å². The molecule has 6 heteroatoms. The molecule has 0 atom stereocenters. The fourth-order valence-corrected chi connectivity index (χ4v) is 1.12. The summed E-state index contributed by atoms with van der Waals surface area (Å²) in [4.78, 5) is 21.5. The minimum Gasteiger partial charge on any atom is -0.478 e. The molecule has 0 aromatic heterocycles. The molecular formula is C10H7F3O3. The van der Waals surface area contributed by atoms with E-state index in [0.29, 0.717) is 12.1 Å². The zero-order valence-corrected chi connectivity index (χ0v) is 8.13. The largest absolute Gasteiger partial charge is 0.478 e. The first-order chi connectivity index (χ1) is 7.21.